The molecule has 7 rings (SSSR count). The Balaban J connectivity index is 0.961. The van der Waals surface area contributed by atoms with Gasteiger partial charge in [-0.25, -0.2) is 0 Å². The number of terminal acetylenes is 2. The van der Waals surface area contributed by atoms with Crippen molar-refractivity contribution in [2.24, 2.45) is 0 Å². The third-order valence-electron chi connectivity index (χ3n) is 12.1. The average molecular weight is 1140 g/mol. The molecule has 1 N–H and O–H groups in total. The first kappa shape index (κ1) is 62.5. The smallest absolute Gasteiger partial charge is 0.178 e. The molecular weight excluding hydrogens is 1090 g/mol. The van der Waals surface area contributed by atoms with Crippen molar-refractivity contribution in [3.63, 3.8) is 0 Å². The lowest BCUT2D eigenvalue weighted by Crippen LogP contribution is -2.35. The lowest BCUT2D eigenvalue weighted by molar-refractivity contribution is 0.0697. The lowest BCUT2D eigenvalue weighted by atomic mass is 9.80. The zero-order chi connectivity index (χ0) is 61.8. The van der Waals surface area contributed by atoms with Crippen LogP contribution in [-0.2, 0) is 30.1 Å². The van der Waals surface area contributed by atoms with Gasteiger partial charge in [0.1, 0.15) is 67.2 Å². The maximum absolute atomic E-state index is 12.5. The second-order valence-corrected chi connectivity index (χ2v) is 17.6. The summed E-state index contributed by atoms with van der Waals surface area (Å²) < 4.78 is 47.4. The largest absolute Gasteiger partial charge is 0.497 e. The lowest BCUT2D eigenvalue weighted by Gasteiger charge is -2.38. The van der Waals surface area contributed by atoms with E-state index < -0.39 is 11.2 Å². The first-order valence-electron chi connectivity index (χ1n) is 26.5. The van der Waals surface area contributed by atoms with E-state index in [9.17, 15) is 5.11 Å². The van der Waals surface area contributed by atoms with Gasteiger partial charge in [0.2, 0.25) is 0 Å². The van der Waals surface area contributed by atoms with Crippen LogP contribution in [0.5, 0.6) is 23.0 Å². The van der Waals surface area contributed by atoms with E-state index in [2.05, 4.69) is 226 Å². The molecule has 0 saturated heterocycles. The number of rotatable bonds is 17. The summed E-state index contributed by atoms with van der Waals surface area (Å²) in [5.41, 5.74) is 4.53. The van der Waals surface area contributed by atoms with Gasteiger partial charge in [0.15, 0.2) is 5.60 Å². The van der Waals surface area contributed by atoms with Crippen LogP contribution in [0.1, 0.15) is 40.3 Å². The highest BCUT2D eigenvalue weighted by Gasteiger charge is 2.45. The van der Waals surface area contributed by atoms with Gasteiger partial charge in [0.05, 0.1) is 33.5 Å². The third kappa shape index (κ3) is 18.2. The molecule has 0 bridgehead atoms. The Hall–Kier alpha value is -13.1. The number of methoxy groups -OCH3 is 1. The minimum Gasteiger partial charge on any atom is -0.497 e. The van der Waals surface area contributed by atoms with Crippen molar-refractivity contribution < 1.29 is 43.0 Å². The maximum Gasteiger partial charge on any atom is 0.178 e. The summed E-state index contributed by atoms with van der Waals surface area (Å²) >= 11 is 0. The second-order valence-electron chi connectivity index (χ2n) is 17.6. The van der Waals surface area contributed by atoms with E-state index in [0.29, 0.717) is 36.2 Å². The van der Waals surface area contributed by atoms with Crippen LogP contribution in [0.25, 0.3) is 28.0 Å². The quantitative estimate of drug-likeness (QED) is 0.0740. The predicted octanol–water partition coefficient (Wildman–Crippen LogP) is 7.80. The molecule has 9 heteroatoms. The van der Waals surface area contributed by atoms with Crippen LogP contribution in [0.3, 0.4) is 0 Å². The summed E-state index contributed by atoms with van der Waals surface area (Å²) in [5, 5.41) is 14.3. The highest BCUT2D eigenvalue weighted by atomic mass is 16.5. The van der Waals surface area contributed by atoms with Crippen LogP contribution in [0.2, 0.25) is 0 Å². The molecule has 9 nitrogen and oxygen atoms in total. The molecule has 1 aliphatic heterocycles. The molecule has 0 aromatic heterocycles. The fourth-order valence-electron chi connectivity index (χ4n) is 8.47. The van der Waals surface area contributed by atoms with Crippen LogP contribution in [0.15, 0.2) is 91.0 Å². The zero-order valence-corrected chi connectivity index (χ0v) is 47.8. The van der Waals surface area contributed by atoms with Crippen molar-refractivity contribution in [1.82, 2.24) is 0 Å². The first-order chi connectivity index (χ1) is 43.3. The van der Waals surface area contributed by atoms with Crippen molar-refractivity contribution >= 4 is 16.8 Å². The Kier molecular flexibility index (Phi) is 24.4. The van der Waals surface area contributed by atoms with Gasteiger partial charge >= 0.3 is 0 Å². The molecule has 0 saturated carbocycles. The number of fused-ring (bicyclic) bond motifs is 8. The molecule has 88 heavy (non-hydrogen) atoms. The molecule has 1 unspecified atom stereocenters. The van der Waals surface area contributed by atoms with Crippen LogP contribution in [-0.4, -0.2) is 65.1 Å². The molecule has 5 aromatic rings. The standard InChI is InChI=1S/C79H44O9/c1-6-8-10-12-14-16-18-20-22-24-26-28-30-32-34-36-52-82-54-56-84-58-60-86-67-43-39-65(40-44-67)79(51-50-72-76-75(71-48-38-64(3)62-74(71)78(76,4)80)70-49-47-69(81-5)63-73(70)77(72)88-79)66-41-45-68(46-42-66)87-61-59-85-57-55-83-53-37-35-33-31-29-27-25-23-21-19-17-15-13-11-9-7-2/h1-2,38-51,62-63,80H,54-61H2,3-5H3. The topological polar surface area (TPSA) is 94.1 Å². The molecule has 414 valence electrons. The Morgan fingerprint density at radius 3 is 1.30 bits per heavy atom. The van der Waals surface area contributed by atoms with E-state index in [4.69, 9.17) is 50.7 Å². The Labute approximate surface area is 515 Å². The van der Waals surface area contributed by atoms with Gasteiger partial charge in [0, 0.05) is 122 Å². The van der Waals surface area contributed by atoms with E-state index in [-0.39, 0.29) is 39.6 Å². The number of aliphatic hydroxyl groups is 1. The summed E-state index contributed by atoms with van der Waals surface area (Å²) in [4.78, 5) is 0. The van der Waals surface area contributed by atoms with Crippen LogP contribution in [0, 0.1) is 221 Å². The Bertz CT molecular complexity index is 4530. The molecule has 0 radical (unpaired) electrons. The number of aryl methyl sites for hydroxylation is 1. The molecule has 0 amide bonds. The van der Waals surface area contributed by atoms with Crippen molar-refractivity contribution in [2.45, 2.75) is 25.0 Å². The molecule has 0 spiro atoms. The SMILES string of the molecule is C#CC#CC#CC#CC#CC#CC#CC#CC#COCCOCCOc1ccc(C2(c3ccc(OCCOCCOC#CC#CC#CC#CC#CC#CC#CC#CC#C)cc3)C=Cc3c4c(c5ccc(OC)cc5c3O2)-c2ccc(C)cc2C4(C)O)cc1. The van der Waals surface area contributed by atoms with Gasteiger partial charge in [-0.1, -0.05) is 54.1 Å². The fourth-order valence-corrected chi connectivity index (χ4v) is 8.47. The molecule has 1 heterocycles. The summed E-state index contributed by atoms with van der Waals surface area (Å²) in [6.45, 7) is 6.08. The number of benzene rings is 5. The van der Waals surface area contributed by atoms with Crippen LogP contribution < -0.4 is 18.9 Å². The summed E-state index contributed by atoms with van der Waals surface area (Å²) in [6, 6.07) is 27.7. The molecule has 1 atom stereocenters. The van der Waals surface area contributed by atoms with Gasteiger partial charge < -0.3 is 43.0 Å². The number of ether oxygens (including phenoxy) is 8. The van der Waals surface area contributed by atoms with Gasteiger partial charge in [-0.3, -0.25) is 0 Å². The van der Waals surface area contributed by atoms with E-state index in [0.717, 1.165) is 55.3 Å². The van der Waals surface area contributed by atoms with E-state index >= 15 is 0 Å². The first-order valence-corrected chi connectivity index (χ1v) is 26.5. The highest BCUT2D eigenvalue weighted by Crippen LogP contribution is 2.58. The number of hydrogen-bond acceptors (Lipinski definition) is 9. The minimum atomic E-state index is -1.32. The molecule has 5 aromatic carbocycles. The van der Waals surface area contributed by atoms with Gasteiger partial charge in [-0.2, -0.15) is 0 Å². The van der Waals surface area contributed by atoms with E-state index in [1.54, 1.807) is 7.11 Å². The van der Waals surface area contributed by atoms with Crippen molar-refractivity contribution in [3.05, 3.63) is 124 Å². The monoisotopic (exact) mass is 1140 g/mol. The maximum atomic E-state index is 12.5. The van der Waals surface area contributed by atoms with Crippen LogP contribution >= 0.6 is 0 Å². The van der Waals surface area contributed by atoms with Crippen LogP contribution in [0.4, 0.5) is 0 Å². The summed E-state index contributed by atoms with van der Waals surface area (Å²) in [7, 11) is 1.64. The van der Waals surface area contributed by atoms with E-state index in [1.165, 1.54) is 0 Å². The van der Waals surface area contributed by atoms with Crippen molar-refractivity contribution in [2.75, 3.05) is 60.0 Å². The molecule has 2 aliphatic rings. The molecule has 0 fully saturated rings. The Morgan fingerprint density at radius 1 is 0.455 bits per heavy atom. The van der Waals surface area contributed by atoms with Crippen molar-refractivity contribution in [1.29, 1.82) is 0 Å². The minimum absolute atomic E-state index is 0.226. The highest BCUT2D eigenvalue weighted by molar-refractivity contribution is 6.08. The Morgan fingerprint density at radius 2 is 0.864 bits per heavy atom. The number of hydrogen-bond donors (Lipinski definition) is 1. The summed E-state index contributed by atoms with van der Waals surface area (Å²) in [5.74, 6) is 82.1. The van der Waals surface area contributed by atoms with Gasteiger partial charge in [0.25, 0.3) is 0 Å². The second kappa shape index (κ2) is 34.3. The predicted molar refractivity (Wildman–Crippen MR) is 339 cm³/mol. The average Bonchev–Trinajstić information content (AvgIpc) is 1.48. The molecule has 1 aliphatic carbocycles. The zero-order valence-electron chi connectivity index (χ0n) is 47.8. The fraction of sp³-hybridized carbons (Fsp3) is 0.165. The van der Waals surface area contributed by atoms with Gasteiger partial charge in [-0.05, 0) is 179 Å². The van der Waals surface area contributed by atoms with E-state index in [1.807, 2.05) is 86.7 Å². The van der Waals surface area contributed by atoms with Crippen molar-refractivity contribution in [3.8, 4) is 249 Å². The summed E-state index contributed by atoms with van der Waals surface area (Å²) in [6.07, 6.45) is 19.1. The van der Waals surface area contributed by atoms with Gasteiger partial charge in [-0.15, -0.1) is 12.8 Å². The third-order valence-corrected chi connectivity index (χ3v) is 12.1. The molecular formula is C79H44O9. The normalized spacial score (nSPS) is 11.5.